The summed E-state index contributed by atoms with van der Waals surface area (Å²) < 4.78 is 5.56. The molecular weight excluding hydrogens is 359 g/mol. The van der Waals surface area contributed by atoms with Crippen molar-refractivity contribution in [1.82, 2.24) is 4.90 Å². The van der Waals surface area contributed by atoms with Crippen LogP contribution in [-0.2, 0) is 4.79 Å². The average Bonchev–Trinajstić information content (AvgIpc) is 3.04. The van der Waals surface area contributed by atoms with Gasteiger partial charge in [-0.25, -0.2) is 0 Å². The number of hydrogen-bond acceptors (Lipinski definition) is 3. The molecule has 2 aromatic carbocycles. The van der Waals surface area contributed by atoms with E-state index in [1.807, 2.05) is 23.1 Å². The highest BCUT2D eigenvalue weighted by atomic mass is 35.5. The molecule has 3 rings (SSSR count). The lowest BCUT2D eigenvalue weighted by molar-refractivity contribution is -0.132. The molecule has 132 valence electrons. The summed E-state index contributed by atoms with van der Waals surface area (Å²) in [5.74, 6) is 0.940. The van der Waals surface area contributed by atoms with Gasteiger partial charge in [0, 0.05) is 29.1 Å². The predicted molar refractivity (Wildman–Crippen MR) is 100 cm³/mol. The SMILES string of the molecule is NC[C@@H]1CN(C(=O)COc2cc(Cl)cc(Cl)c2)C[C@H]1c1ccccc1. The van der Waals surface area contributed by atoms with Crippen LogP contribution in [0.1, 0.15) is 11.5 Å². The molecule has 1 heterocycles. The van der Waals surface area contributed by atoms with Gasteiger partial charge in [0.25, 0.3) is 5.91 Å². The van der Waals surface area contributed by atoms with Crippen LogP contribution < -0.4 is 10.5 Å². The van der Waals surface area contributed by atoms with Crippen LogP contribution >= 0.6 is 23.2 Å². The van der Waals surface area contributed by atoms with Crippen LogP contribution in [0.4, 0.5) is 0 Å². The molecule has 1 aliphatic heterocycles. The second-order valence-electron chi connectivity index (χ2n) is 6.21. The standard InChI is InChI=1S/C19H20Cl2N2O2/c20-15-6-16(21)8-17(7-15)25-12-19(24)23-10-14(9-22)18(11-23)13-4-2-1-3-5-13/h1-8,14,18H,9-12,22H2/t14-,18+/m1/s1. The largest absolute Gasteiger partial charge is 0.484 e. The highest BCUT2D eigenvalue weighted by Gasteiger charge is 2.35. The summed E-state index contributed by atoms with van der Waals surface area (Å²) >= 11 is 11.9. The van der Waals surface area contributed by atoms with E-state index in [1.54, 1.807) is 18.2 Å². The summed E-state index contributed by atoms with van der Waals surface area (Å²) in [7, 11) is 0. The molecule has 0 unspecified atom stereocenters. The van der Waals surface area contributed by atoms with Gasteiger partial charge in [0.2, 0.25) is 0 Å². The molecule has 2 aromatic rings. The molecule has 0 aromatic heterocycles. The van der Waals surface area contributed by atoms with Crippen molar-refractivity contribution in [2.45, 2.75) is 5.92 Å². The third-order valence-electron chi connectivity index (χ3n) is 4.52. The van der Waals surface area contributed by atoms with E-state index in [4.69, 9.17) is 33.7 Å². The summed E-state index contributed by atoms with van der Waals surface area (Å²) in [5, 5.41) is 0.951. The lowest BCUT2D eigenvalue weighted by atomic mass is 9.89. The number of likely N-dealkylation sites (tertiary alicyclic amines) is 1. The zero-order valence-electron chi connectivity index (χ0n) is 13.7. The normalized spacial score (nSPS) is 19.9. The van der Waals surface area contributed by atoms with E-state index in [1.165, 1.54) is 5.56 Å². The van der Waals surface area contributed by atoms with E-state index in [9.17, 15) is 4.79 Å². The van der Waals surface area contributed by atoms with E-state index >= 15 is 0 Å². The van der Waals surface area contributed by atoms with Gasteiger partial charge in [-0.2, -0.15) is 0 Å². The Morgan fingerprint density at radius 3 is 2.44 bits per heavy atom. The van der Waals surface area contributed by atoms with Crippen molar-refractivity contribution >= 4 is 29.1 Å². The molecule has 1 amide bonds. The smallest absolute Gasteiger partial charge is 0.260 e. The van der Waals surface area contributed by atoms with Crippen molar-refractivity contribution in [2.24, 2.45) is 11.7 Å². The average molecular weight is 379 g/mol. The van der Waals surface area contributed by atoms with Gasteiger partial charge in [0.15, 0.2) is 6.61 Å². The minimum absolute atomic E-state index is 0.0462. The first kappa shape index (κ1) is 18.1. The van der Waals surface area contributed by atoms with Crippen molar-refractivity contribution in [3.8, 4) is 5.75 Å². The molecule has 0 aliphatic carbocycles. The summed E-state index contributed by atoms with van der Waals surface area (Å²) in [6, 6.07) is 15.1. The van der Waals surface area contributed by atoms with Gasteiger partial charge in [-0.3, -0.25) is 4.79 Å². The van der Waals surface area contributed by atoms with Crippen LogP contribution in [0.25, 0.3) is 0 Å². The molecule has 0 bridgehead atoms. The third kappa shape index (κ3) is 4.46. The molecular formula is C19H20Cl2N2O2. The Bertz CT molecular complexity index is 719. The van der Waals surface area contributed by atoms with Crippen LogP contribution in [0, 0.1) is 5.92 Å². The Morgan fingerprint density at radius 2 is 1.80 bits per heavy atom. The molecule has 1 fully saturated rings. The van der Waals surface area contributed by atoms with Crippen molar-refractivity contribution in [2.75, 3.05) is 26.2 Å². The number of ether oxygens (including phenoxy) is 1. The Hall–Kier alpha value is -1.75. The van der Waals surface area contributed by atoms with E-state index in [0.29, 0.717) is 35.4 Å². The predicted octanol–water partition coefficient (Wildman–Crippen LogP) is 3.57. The fraction of sp³-hybridized carbons (Fsp3) is 0.316. The molecule has 1 saturated heterocycles. The number of hydrogen-bond donors (Lipinski definition) is 1. The van der Waals surface area contributed by atoms with Crippen LogP contribution in [0.3, 0.4) is 0 Å². The number of rotatable bonds is 5. The molecule has 0 saturated carbocycles. The van der Waals surface area contributed by atoms with Gasteiger partial charge in [-0.05, 0) is 36.2 Å². The summed E-state index contributed by atoms with van der Waals surface area (Å²) in [6.07, 6.45) is 0. The van der Waals surface area contributed by atoms with E-state index in [0.717, 1.165) is 0 Å². The van der Waals surface area contributed by atoms with Gasteiger partial charge in [0.05, 0.1) is 0 Å². The maximum absolute atomic E-state index is 12.5. The Balaban J connectivity index is 1.63. The van der Waals surface area contributed by atoms with Crippen molar-refractivity contribution in [1.29, 1.82) is 0 Å². The van der Waals surface area contributed by atoms with E-state index in [-0.39, 0.29) is 24.3 Å². The van der Waals surface area contributed by atoms with Gasteiger partial charge in [0.1, 0.15) is 5.75 Å². The van der Waals surface area contributed by atoms with Gasteiger partial charge < -0.3 is 15.4 Å². The molecule has 25 heavy (non-hydrogen) atoms. The number of halogens is 2. The lowest BCUT2D eigenvalue weighted by Crippen LogP contribution is -2.33. The Kier molecular flexibility index (Phi) is 5.84. The summed E-state index contributed by atoms with van der Waals surface area (Å²) in [4.78, 5) is 14.3. The van der Waals surface area contributed by atoms with Gasteiger partial charge in [-0.15, -0.1) is 0 Å². The molecule has 2 atom stereocenters. The molecule has 0 radical (unpaired) electrons. The topological polar surface area (TPSA) is 55.6 Å². The van der Waals surface area contributed by atoms with Crippen molar-refractivity contribution < 1.29 is 9.53 Å². The zero-order valence-corrected chi connectivity index (χ0v) is 15.2. The first-order chi connectivity index (χ1) is 12.1. The number of nitrogens with zero attached hydrogens (tertiary/aromatic N) is 1. The highest BCUT2D eigenvalue weighted by Crippen LogP contribution is 2.32. The first-order valence-electron chi connectivity index (χ1n) is 8.18. The summed E-state index contributed by atoms with van der Waals surface area (Å²) in [5.41, 5.74) is 7.14. The van der Waals surface area contributed by atoms with Crippen molar-refractivity contribution in [3.63, 3.8) is 0 Å². The van der Waals surface area contributed by atoms with E-state index in [2.05, 4.69) is 12.1 Å². The first-order valence-corrected chi connectivity index (χ1v) is 8.94. The Labute approximate surface area is 157 Å². The second kappa shape index (κ2) is 8.09. The minimum atomic E-state index is -0.0621. The van der Waals surface area contributed by atoms with E-state index < -0.39 is 0 Å². The number of carbonyl (C=O) groups is 1. The van der Waals surface area contributed by atoms with Crippen LogP contribution in [0.15, 0.2) is 48.5 Å². The monoisotopic (exact) mass is 378 g/mol. The van der Waals surface area contributed by atoms with Crippen LogP contribution in [-0.4, -0.2) is 37.0 Å². The van der Waals surface area contributed by atoms with Gasteiger partial charge >= 0.3 is 0 Å². The van der Waals surface area contributed by atoms with Crippen LogP contribution in [0.5, 0.6) is 5.75 Å². The number of benzene rings is 2. The number of carbonyl (C=O) groups excluding carboxylic acids is 1. The highest BCUT2D eigenvalue weighted by molar-refractivity contribution is 6.34. The lowest BCUT2D eigenvalue weighted by Gasteiger charge is -2.17. The Morgan fingerprint density at radius 1 is 1.12 bits per heavy atom. The molecule has 6 heteroatoms. The fourth-order valence-electron chi connectivity index (χ4n) is 3.24. The zero-order chi connectivity index (χ0) is 17.8. The van der Waals surface area contributed by atoms with Crippen molar-refractivity contribution in [3.05, 3.63) is 64.1 Å². The van der Waals surface area contributed by atoms with Gasteiger partial charge in [-0.1, -0.05) is 53.5 Å². The maximum atomic E-state index is 12.5. The van der Waals surface area contributed by atoms with Crippen LogP contribution in [0.2, 0.25) is 10.0 Å². The summed E-state index contributed by atoms with van der Waals surface area (Å²) in [6.45, 7) is 1.81. The molecule has 2 N–H and O–H groups in total. The maximum Gasteiger partial charge on any atom is 0.260 e. The number of nitrogens with two attached hydrogens (primary N) is 1. The second-order valence-corrected chi connectivity index (χ2v) is 7.08. The fourth-order valence-corrected chi connectivity index (χ4v) is 3.75. The third-order valence-corrected chi connectivity index (χ3v) is 4.96. The minimum Gasteiger partial charge on any atom is -0.484 e. The number of amides is 1. The molecule has 1 aliphatic rings. The molecule has 0 spiro atoms. The quantitative estimate of drug-likeness (QED) is 0.864. The molecule has 4 nitrogen and oxygen atoms in total.